The predicted octanol–water partition coefficient (Wildman–Crippen LogP) is 1.94. The van der Waals surface area contributed by atoms with E-state index in [1.165, 1.54) is 30.0 Å². The minimum atomic E-state index is -0.438. The summed E-state index contributed by atoms with van der Waals surface area (Å²) in [5, 5.41) is 0.631. The van der Waals surface area contributed by atoms with Gasteiger partial charge in [-0.15, -0.1) is 0 Å². The first-order valence-electron chi connectivity index (χ1n) is 6.14. The first-order chi connectivity index (χ1) is 10.1. The fourth-order valence-corrected chi connectivity index (χ4v) is 2.74. The number of fused-ring (bicyclic) bond motifs is 1. The highest BCUT2D eigenvalue weighted by molar-refractivity contribution is 7.98. The summed E-state index contributed by atoms with van der Waals surface area (Å²) in [6, 6.07) is 7.58. The zero-order valence-corrected chi connectivity index (χ0v) is 11.7. The molecule has 0 aliphatic carbocycles. The Morgan fingerprint density at radius 2 is 2.19 bits per heavy atom. The molecule has 21 heavy (non-hydrogen) atoms. The summed E-state index contributed by atoms with van der Waals surface area (Å²) in [7, 11) is 0. The Balaban J connectivity index is 1.98. The van der Waals surface area contributed by atoms with Gasteiger partial charge in [0.15, 0.2) is 5.16 Å². The molecule has 7 heteroatoms. The van der Waals surface area contributed by atoms with Crippen LogP contribution >= 0.6 is 11.8 Å². The monoisotopic (exact) mass is 302 g/mol. The zero-order chi connectivity index (χ0) is 14.8. The van der Waals surface area contributed by atoms with Gasteiger partial charge >= 0.3 is 0 Å². The van der Waals surface area contributed by atoms with Gasteiger partial charge < -0.3 is 5.84 Å². The number of nitrogens with two attached hydrogens (primary N) is 1. The Hall–Kier alpha value is -2.41. The van der Waals surface area contributed by atoms with Crippen molar-refractivity contribution < 1.29 is 4.39 Å². The van der Waals surface area contributed by atoms with Gasteiger partial charge in [-0.3, -0.25) is 9.78 Å². The van der Waals surface area contributed by atoms with Crippen LogP contribution in [0.3, 0.4) is 0 Å². The third-order valence-corrected chi connectivity index (χ3v) is 3.95. The van der Waals surface area contributed by atoms with E-state index in [1.807, 2.05) is 12.1 Å². The highest BCUT2D eigenvalue weighted by atomic mass is 32.2. The molecule has 3 aromatic rings. The van der Waals surface area contributed by atoms with E-state index in [0.29, 0.717) is 21.8 Å². The van der Waals surface area contributed by atoms with Crippen LogP contribution in [0.1, 0.15) is 5.56 Å². The number of hydrogen-bond donors (Lipinski definition) is 1. The molecule has 1 aromatic carbocycles. The van der Waals surface area contributed by atoms with E-state index >= 15 is 0 Å². The second-order valence-electron chi connectivity index (χ2n) is 4.38. The number of benzene rings is 1. The highest BCUT2D eigenvalue weighted by Crippen LogP contribution is 2.20. The van der Waals surface area contributed by atoms with Crippen molar-refractivity contribution in [1.82, 2.24) is 14.6 Å². The number of nitrogens with zero attached hydrogens (tertiary/aromatic N) is 3. The maximum atomic E-state index is 13.3. The van der Waals surface area contributed by atoms with Gasteiger partial charge in [0.25, 0.3) is 5.56 Å². The molecule has 2 aromatic heterocycles. The summed E-state index contributed by atoms with van der Waals surface area (Å²) < 4.78 is 14.2. The molecule has 0 unspecified atom stereocenters. The third-order valence-electron chi connectivity index (χ3n) is 2.92. The molecule has 0 saturated heterocycles. The average molecular weight is 302 g/mol. The third kappa shape index (κ3) is 2.73. The molecule has 0 atom stereocenters. The molecule has 0 spiro atoms. The largest absolute Gasteiger partial charge is 0.334 e. The van der Waals surface area contributed by atoms with Crippen LogP contribution in [0.25, 0.3) is 10.9 Å². The smallest absolute Gasteiger partial charge is 0.280 e. The SMILES string of the molecule is Nn1c(SCc2cccnc2)nc2cc(F)ccc2c1=O. The lowest BCUT2D eigenvalue weighted by Crippen LogP contribution is -2.29. The molecule has 0 aliphatic heterocycles. The molecule has 5 nitrogen and oxygen atoms in total. The lowest BCUT2D eigenvalue weighted by atomic mass is 10.2. The fraction of sp³-hybridized carbons (Fsp3) is 0.0714. The Bertz CT molecular complexity index is 851. The van der Waals surface area contributed by atoms with Crippen LogP contribution in [0.4, 0.5) is 4.39 Å². The quantitative estimate of drug-likeness (QED) is 0.455. The lowest BCUT2D eigenvalue weighted by molar-refractivity contribution is 0.628. The van der Waals surface area contributed by atoms with Gasteiger partial charge in [-0.25, -0.2) is 14.1 Å². The van der Waals surface area contributed by atoms with E-state index in [-0.39, 0.29) is 0 Å². The molecule has 0 saturated carbocycles. The Labute approximate surface area is 123 Å². The van der Waals surface area contributed by atoms with Gasteiger partial charge in [0, 0.05) is 24.2 Å². The standard InChI is InChI=1S/C14H11FN4OS/c15-10-3-4-11-12(6-10)18-14(19(16)13(11)20)21-8-9-2-1-5-17-7-9/h1-7H,8,16H2. The average Bonchev–Trinajstić information content (AvgIpc) is 2.50. The van der Waals surface area contributed by atoms with Gasteiger partial charge in [-0.05, 0) is 23.8 Å². The molecule has 0 bridgehead atoms. The van der Waals surface area contributed by atoms with Crippen LogP contribution < -0.4 is 11.4 Å². The summed E-state index contributed by atoms with van der Waals surface area (Å²) in [6.45, 7) is 0. The van der Waals surface area contributed by atoms with E-state index in [1.54, 1.807) is 12.4 Å². The first-order valence-corrected chi connectivity index (χ1v) is 7.13. The Morgan fingerprint density at radius 3 is 2.95 bits per heavy atom. The molecule has 106 valence electrons. The van der Waals surface area contributed by atoms with Gasteiger partial charge in [-0.2, -0.15) is 0 Å². The van der Waals surface area contributed by atoms with Crippen molar-refractivity contribution in [3.63, 3.8) is 0 Å². The summed E-state index contributed by atoms with van der Waals surface area (Å²) in [5.41, 5.74) is 0.889. The van der Waals surface area contributed by atoms with Crippen molar-refractivity contribution in [1.29, 1.82) is 0 Å². The molecule has 0 aliphatic rings. The van der Waals surface area contributed by atoms with Crippen molar-refractivity contribution in [2.75, 3.05) is 5.84 Å². The van der Waals surface area contributed by atoms with E-state index in [2.05, 4.69) is 9.97 Å². The molecular weight excluding hydrogens is 291 g/mol. The molecule has 2 heterocycles. The van der Waals surface area contributed by atoms with Crippen LogP contribution in [0.15, 0.2) is 52.7 Å². The molecule has 0 radical (unpaired) electrons. The fourth-order valence-electron chi connectivity index (χ4n) is 1.88. The zero-order valence-electron chi connectivity index (χ0n) is 10.9. The van der Waals surface area contributed by atoms with Gasteiger partial charge in [-0.1, -0.05) is 17.8 Å². The van der Waals surface area contributed by atoms with E-state index in [0.717, 1.165) is 10.2 Å². The van der Waals surface area contributed by atoms with Crippen molar-refractivity contribution in [3.8, 4) is 0 Å². The van der Waals surface area contributed by atoms with Crippen LogP contribution in [0.5, 0.6) is 0 Å². The maximum absolute atomic E-state index is 13.3. The number of halogens is 1. The normalized spacial score (nSPS) is 10.9. The predicted molar refractivity (Wildman–Crippen MR) is 79.9 cm³/mol. The van der Waals surface area contributed by atoms with E-state index in [4.69, 9.17) is 5.84 Å². The molecule has 2 N–H and O–H groups in total. The van der Waals surface area contributed by atoms with Crippen LogP contribution in [-0.2, 0) is 5.75 Å². The second-order valence-corrected chi connectivity index (χ2v) is 5.32. The Kier molecular flexibility index (Phi) is 3.57. The summed E-state index contributed by atoms with van der Waals surface area (Å²) in [6.07, 6.45) is 3.41. The summed E-state index contributed by atoms with van der Waals surface area (Å²) >= 11 is 1.30. The highest BCUT2D eigenvalue weighted by Gasteiger charge is 2.10. The van der Waals surface area contributed by atoms with E-state index in [9.17, 15) is 9.18 Å². The minimum Gasteiger partial charge on any atom is -0.334 e. The number of rotatable bonds is 3. The second kappa shape index (κ2) is 5.53. The topological polar surface area (TPSA) is 73.8 Å². The van der Waals surface area contributed by atoms with Crippen molar-refractivity contribution in [2.45, 2.75) is 10.9 Å². The van der Waals surface area contributed by atoms with Gasteiger partial charge in [0.1, 0.15) is 5.82 Å². The maximum Gasteiger partial charge on any atom is 0.280 e. The molecular formula is C14H11FN4OS. The van der Waals surface area contributed by atoms with Crippen molar-refractivity contribution >= 4 is 22.7 Å². The Morgan fingerprint density at radius 1 is 1.33 bits per heavy atom. The van der Waals surface area contributed by atoms with Crippen molar-refractivity contribution in [2.24, 2.45) is 0 Å². The lowest BCUT2D eigenvalue weighted by Gasteiger charge is -2.08. The number of nitrogen functional groups attached to an aromatic ring is 1. The molecule has 0 fully saturated rings. The summed E-state index contributed by atoms with van der Waals surface area (Å²) in [4.78, 5) is 20.4. The van der Waals surface area contributed by atoms with E-state index < -0.39 is 11.4 Å². The summed E-state index contributed by atoms with van der Waals surface area (Å²) in [5.74, 6) is 5.89. The van der Waals surface area contributed by atoms with Gasteiger partial charge in [0.2, 0.25) is 0 Å². The van der Waals surface area contributed by atoms with Gasteiger partial charge in [0.05, 0.1) is 10.9 Å². The van der Waals surface area contributed by atoms with Crippen LogP contribution in [-0.4, -0.2) is 14.6 Å². The first kappa shape index (κ1) is 13.6. The minimum absolute atomic E-state index is 0.296. The van der Waals surface area contributed by atoms with Crippen LogP contribution in [0.2, 0.25) is 0 Å². The molecule has 3 rings (SSSR count). The molecule has 0 amide bonds. The number of thioether (sulfide) groups is 1. The number of pyridine rings is 1. The van der Waals surface area contributed by atoms with Crippen LogP contribution in [0, 0.1) is 5.82 Å². The number of aromatic nitrogens is 3. The number of hydrogen-bond acceptors (Lipinski definition) is 5. The van der Waals surface area contributed by atoms with Crippen molar-refractivity contribution in [3.05, 3.63) is 64.5 Å².